The van der Waals surface area contributed by atoms with Crippen molar-refractivity contribution in [3.05, 3.63) is 48.1 Å². The van der Waals surface area contributed by atoms with E-state index in [4.69, 9.17) is 5.73 Å². The molecule has 2 aromatic rings. The summed E-state index contributed by atoms with van der Waals surface area (Å²) >= 11 is 0. The van der Waals surface area contributed by atoms with Gasteiger partial charge in [0, 0.05) is 31.3 Å². The van der Waals surface area contributed by atoms with Gasteiger partial charge in [-0.25, -0.2) is 18.4 Å². The molecule has 2 aromatic heterocycles. The molecule has 0 aromatic carbocycles. The Morgan fingerprint density at radius 2 is 2.04 bits per heavy atom. The van der Waals surface area contributed by atoms with Gasteiger partial charge in [0.2, 0.25) is 5.91 Å². The van der Waals surface area contributed by atoms with Gasteiger partial charge in [-0.1, -0.05) is 0 Å². The molecule has 8 nitrogen and oxygen atoms in total. The van der Waals surface area contributed by atoms with Crippen molar-refractivity contribution in [1.29, 1.82) is 0 Å². The van der Waals surface area contributed by atoms with E-state index in [0.717, 1.165) is 0 Å². The lowest BCUT2D eigenvalue weighted by Gasteiger charge is -2.14. The number of pyridine rings is 2. The number of rotatable bonds is 5. The van der Waals surface area contributed by atoms with Gasteiger partial charge in [0.15, 0.2) is 0 Å². The smallest absolute Gasteiger partial charge is 0.265 e. The van der Waals surface area contributed by atoms with Gasteiger partial charge < -0.3 is 11.1 Å². The van der Waals surface area contributed by atoms with E-state index in [1.165, 1.54) is 25.4 Å². The van der Waals surface area contributed by atoms with Crippen LogP contribution in [-0.4, -0.2) is 24.3 Å². The van der Waals surface area contributed by atoms with Crippen LogP contribution in [0.4, 0.5) is 11.6 Å². The maximum Gasteiger partial charge on any atom is 0.265 e. The Morgan fingerprint density at radius 1 is 1.28 bits per heavy atom. The molecule has 1 aliphatic carbocycles. The summed E-state index contributed by atoms with van der Waals surface area (Å²) in [7, 11) is -3.85. The van der Waals surface area contributed by atoms with Crippen LogP contribution < -0.4 is 15.8 Å². The minimum absolute atomic E-state index is 0.101. The number of nitrogens with two attached hydrogens (primary N) is 1. The number of anilines is 2. The van der Waals surface area contributed by atoms with Crippen molar-refractivity contribution in [3.63, 3.8) is 0 Å². The number of aromatic nitrogens is 2. The first kappa shape index (κ1) is 16.7. The van der Waals surface area contributed by atoms with Gasteiger partial charge in [-0.05, 0) is 29.8 Å². The summed E-state index contributed by atoms with van der Waals surface area (Å²) in [6.45, 7) is 1.37. The maximum absolute atomic E-state index is 12.5. The Bertz CT molecular complexity index is 1020. The third-order valence-electron chi connectivity index (χ3n) is 3.41. The third-order valence-corrected chi connectivity index (χ3v) is 4.83. The molecule has 2 heterocycles. The second-order valence-electron chi connectivity index (χ2n) is 5.35. The molecule has 25 heavy (non-hydrogen) atoms. The van der Waals surface area contributed by atoms with Gasteiger partial charge in [-0.15, -0.1) is 5.73 Å². The van der Waals surface area contributed by atoms with E-state index in [1.54, 1.807) is 18.2 Å². The number of carbonyl (C=O) groups excluding carboxylic acids is 1. The monoisotopic (exact) mass is 357 g/mol. The van der Waals surface area contributed by atoms with Gasteiger partial charge in [0.1, 0.15) is 16.5 Å². The van der Waals surface area contributed by atoms with Crippen LogP contribution in [-0.2, 0) is 14.8 Å². The van der Waals surface area contributed by atoms with Crippen LogP contribution in [0.15, 0.2) is 53.0 Å². The van der Waals surface area contributed by atoms with Crippen LogP contribution >= 0.6 is 0 Å². The second-order valence-corrected chi connectivity index (χ2v) is 7.01. The molecular formula is C16H15N5O3S. The zero-order chi connectivity index (χ0) is 18.0. The number of hydrogen-bond acceptors (Lipinski definition) is 6. The highest BCUT2D eigenvalue weighted by Gasteiger charge is 2.21. The summed E-state index contributed by atoms with van der Waals surface area (Å²) in [4.78, 5) is 19.0. The summed E-state index contributed by atoms with van der Waals surface area (Å²) < 4.78 is 27.4. The molecule has 0 atom stereocenters. The van der Waals surface area contributed by atoms with Crippen molar-refractivity contribution in [2.24, 2.45) is 0 Å². The van der Waals surface area contributed by atoms with E-state index in [1.807, 2.05) is 0 Å². The first-order valence-corrected chi connectivity index (χ1v) is 8.80. The van der Waals surface area contributed by atoms with E-state index in [-0.39, 0.29) is 16.6 Å². The summed E-state index contributed by atoms with van der Waals surface area (Å²) in [6.07, 6.45) is 5.20. The Hall–Kier alpha value is -3.16. The van der Waals surface area contributed by atoms with Gasteiger partial charge >= 0.3 is 0 Å². The lowest BCUT2D eigenvalue weighted by atomic mass is 10.1. The molecule has 0 fully saturated rings. The van der Waals surface area contributed by atoms with Gasteiger partial charge in [-0.3, -0.25) is 9.52 Å². The third kappa shape index (κ3) is 3.68. The Morgan fingerprint density at radius 3 is 2.68 bits per heavy atom. The quantitative estimate of drug-likeness (QED) is 0.694. The minimum Gasteiger partial charge on any atom is -0.383 e. The largest absolute Gasteiger partial charge is 0.383 e. The van der Waals surface area contributed by atoms with Crippen molar-refractivity contribution < 1.29 is 13.2 Å². The van der Waals surface area contributed by atoms with Crippen molar-refractivity contribution >= 4 is 27.6 Å². The molecule has 0 unspecified atom stereocenters. The standard InChI is InChI=1S/C16H15N5O3S/c1-10(22)20-15-8-11(5-6-18-15)12-7-14(16(17)19-9-12)25(23,24)21-13-3-2-4-13/h2,5-9,21H,3H2,1H3,(H2,17,19)(H,18,20,22). The van der Waals surface area contributed by atoms with E-state index in [0.29, 0.717) is 29.1 Å². The molecule has 0 saturated heterocycles. The highest BCUT2D eigenvalue weighted by atomic mass is 32.2. The number of nitrogens with zero attached hydrogens (tertiary/aromatic N) is 2. The number of nitrogens with one attached hydrogen (secondary N) is 2. The van der Waals surface area contributed by atoms with Crippen LogP contribution in [0.5, 0.6) is 0 Å². The first-order valence-electron chi connectivity index (χ1n) is 7.31. The lowest BCUT2D eigenvalue weighted by molar-refractivity contribution is -0.114. The van der Waals surface area contributed by atoms with Crippen LogP contribution in [0.25, 0.3) is 11.1 Å². The number of nitrogen functional groups attached to an aromatic ring is 1. The lowest BCUT2D eigenvalue weighted by Crippen LogP contribution is -2.25. The fourth-order valence-electron chi connectivity index (χ4n) is 2.18. The van der Waals surface area contributed by atoms with Crippen LogP contribution in [0.2, 0.25) is 0 Å². The molecule has 1 amide bonds. The van der Waals surface area contributed by atoms with Crippen molar-refractivity contribution in [2.75, 3.05) is 11.1 Å². The Kier molecular flexibility index (Phi) is 4.26. The molecule has 0 spiro atoms. The molecule has 0 radical (unpaired) electrons. The predicted octanol–water partition coefficient (Wildman–Crippen LogP) is 1.41. The SMILES string of the molecule is CC(=O)Nc1cc(-c2cnc(N)c(S(=O)(=O)NC3=C=CC3)c2)ccn1. The topological polar surface area (TPSA) is 127 Å². The molecule has 128 valence electrons. The minimum atomic E-state index is -3.85. The highest BCUT2D eigenvalue weighted by Crippen LogP contribution is 2.26. The summed E-state index contributed by atoms with van der Waals surface area (Å²) in [5.74, 6) is -0.000197. The summed E-state index contributed by atoms with van der Waals surface area (Å²) in [6, 6.07) is 4.73. The molecular weight excluding hydrogens is 342 g/mol. The van der Waals surface area contributed by atoms with E-state index >= 15 is 0 Å². The number of carbonyl (C=O) groups is 1. The molecule has 0 saturated carbocycles. The zero-order valence-corrected chi connectivity index (χ0v) is 14.1. The normalized spacial score (nSPS) is 12.9. The molecule has 0 aliphatic heterocycles. The van der Waals surface area contributed by atoms with E-state index < -0.39 is 10.0 Å². The fraction of sp³-hybridized carbons (Fsp3) is 0.125. The average Bonchev–Trinajstić information content (AvgIpc) is 2.51. The van der Waals surface area contributed by atoms with E-state index in [2.05, 4.69) is 25.7 Å². The summed E-state index contributed by atoms with van der Waals surface area (Å²) in [5.41, 5.74) is 10.1. The maximum atomic E-state index is 12.5. The summed E-state index contributed by atoms with van der Waals surface area (Å²) in [5, 5.41) is 2.57. The number of amides is 1. The van der Waals surface area contributed by atoms with Crippen molar-refractivity contribution in [3.8, 4) is 11.1 Å². The Balaban J connectivity index is 1.99. The van der Waals surface area contributed by atoms with Crippen molar-refractivity contribution in [2.45, 2.75) is 18.2 Å². The van der Waals surface area contributed by atoms with Crippen molar-refractivity contribution in [1.82, 2.24) is 14.7 Å². The van der Waals surface area contributed by atoms with E-state index in [9.17, 15) is 13.2 Å². The molecule has 0 bridgehead atoms. The zero-order valence-electron chi connectivity index (χ0n) is 13.3. The number of hydrogen-bond donors (Lipinski definition) is 3. The molecule has 4 N–H and O–H groups in total. The number of sulfonamides is 1. The molecule has 3 rings (SSSR count). The van der Waals surface area contributed by atoms with Gasteiger partial charge in [-0.2, -0.15) is 0 Å². The van der Waals surface area contributed by atoms with Gasteiger partial charge in [0.25, 0.3) is 10.0 Å². The average molecular weight is 357 g/mol. The van der Waals surface area contributed by atoms with Crippen LogP contribution in [0, 0.1) is 0 Å². The predicted molar refractivity (Wildman–Crippen MR) is 92.7 cm³/mol. The van der Waals surface area contributed by atoms with Crippen LogP contribution in [0.3, 0.4) is 0 Å². The van der Waals surface area contributed by atoms with Gasteiger partial charge in [0.05, 0.1) is 5.70 Å². The Labute approximate surface area is 144 Å². The van der Waals surface area contributed by atoms with Crippen LogP contribution in [0.1, 0.15) is 13.3 Å². The second kappa shape index (κ2) is 6.39. The molecule has 9 heteroatoms. The highest BCUT2D eigenvalue weighted by molar-refractivity contribution is 7.89. The first-order chi connectivity index (χ1) is 11.8. The fourth-order valence-corrected chi connectivity index (χ4v) is 3.37. The molecule has 1 aliphatic rings.